The minimum Gasteiger partial charge on any atom is -0.301 e. The highest BCUT2D eigenvalue weighted by atomic mass is 15.3. The number of rotatable bonds is 7. The molecule has 2 aliphatic heterocycles. The van der Waals surface area contributed by atoms with E-state index in [1.54, 1.807) is 0 Å². The summed E-state index contributed by atoms with van der Waals surface area (Å²) >= 11 is 0. The third-order valence-corrected chi connectivity index (χ3v) is 5.08. The Morgan fingerprint density at radius 2 is 2.15 bits per heavy atom. The summed E-state index contributed by atoms with van der Waals surface area (Å²) in [5.41, 5.74) is -0.302. The van der Waals surface area contributed by atoms with Crippen LogP contribution in [0.4, 0.5) is 0 Å². The minimum atomic E-state index is -0.302. The van der Waals surface area contributed by atoms with Crippen molar-refractivity contribution in [1.82, 2.24) is 15.1 Å². The van der Waals surface area contributed by atoms with Crippen molar-refractivity contribution in [2.75, 3.05) is 39.3 Å². The molecule has 2 saturated heterocycles. The number of hydrogen-bond acceptors (Lipinski definition) is 4. The van der Waals surface area contributed by atoms with Crippen LogP contribution in [0.25, 0.3) is 0 Å². The van der Waals surface area contributed by atoms with Crippen molar-refractivity contribution in [1.29, 1.82) is 5.26 Å². The van der Waals surface area contributed by atoms with Crippen LogP contribution < -0.4 is 5.32 Å². The molecule has 0 aliphatic carbocycles. The summed E-state index contributed by atoms with van der Waals surface area (Å²) in [6, 6.07) is 3.31. The fourth-order valence-electron chi connectivity index (χ4n) is 3.77. The Morgan fingerprint density at radius 1 is 1.30 bits per heavy atom. The first-order valence-corrected chi connectivity index (χ1v) is 8.35. The van der Waals surface area contributed by atoms with E-state index in [4.69, 9.17) is 0 Å². The van der Waals surface area contributed by atoms with Crippen LogP contribution in [-0.4, -0.2) is 60.6 Å². The van der Waals surface area contributed by atoms with Gasteiger partial charge in [0.15, 0.2) is 0 Å². The van der Waals surface area contributed by atoms with E-state index < -0.39 is 0 Å². The number of piperazine rings is 1. The first-order chi connectivity index (χ1) is 9.73. The first-order valence-electron chi connectivity index (χ1n) is 8.35. The number of fused-ring (bicyclic) bond motifs is 1. The molecule has 2 aliphatic rings. The monoisotopic (exact) mass is 278 g/mol. The molecular weight excluding hydrogens is 248 g/mol. The van der Waals surface area contributed by atoms with E-state index in [0.29, 0.717) is 0 Å². The summed E-state index contributed by atoms with van der Waals surface area (Å²) < 4.78 is 0. The van der Waals surface area contributed by atoms with Gasteiger partial charge in [-0.3, -0.25) is 10.2 Å². The van der Waals surface area contributed by atoms with E-state index in [2.05, 4.69) is 35.0 Å². The molecule has 4 nitrogen and oxygen atoms in total. The standard InChI is InChI=1S/C16H30N4/c1-3-16(14-17,18-4-2)8-6-9-19-11-12-20-10-5-7-15(20)13-19/h15,18H,3-13H2,1-2H3. The lowest BCUT2D eigenvalue weighted by atomic mass is 9.91. The summed E-state index contributed by atoms with van der Waals surface area (Å²) in [7, 11) is 0. The number of nitriles is 1. The second-order valence-electron chi connectivity index (χ2n) is 6.31. The van der Waals surface area contributed by atoms with Gasteiger partial charge in [-0.2, -0.15) is 5.26 Å². The molecule has 0 spiro atoms. The largest absolute Gasteiger partial charge is 0.301 e. The molecule has 2 heterocycles. The van der Waals surface area contributed by atoms with Gasteiger partial charge in [-0.25, -0.2) is 0 Å². The smallest absolute Gasteiger partial charge is 0.106 e. The second-order valence-corrected chi connectivity index (χ2v) is 6.31. The van der Waals surface area contributed by atoms with E-state index in [1.165, 1.54) is 39.0 Å². The predicted octanol–water partition coefficient (Wildman–Crippen LogP) is 1.83. The highest BCUT2D eigenvalue weighted by molar-refractivity contribution is 5.06. The molecule has 0 aromatic rings. The highest BCUT2D eigenvalue weighted by Crippen LogP contribution is 2.22. The lowest BCUT2D eigenvalue weighted by Crippen LogP contribution is -2.50. The minimum absolute atomic E-state index is 0.302. The topological polar surface area (TPSA) is 42.3 Å². The van der Waals surface area contributed by atoms with Gasteiger partial charge in [0.25, 0.3) is 0 Å². The van der Waals surface area contributed by atoms with E-state index in [-0.39, 0.29) is 5.54 Å². The summed E-state index contributed by atoms with van der Waals surface area (Å²) in [6.45, 7) is 11.2. The zero-order chi connectivity index (χ0) is 14.4. The van der Waals surface area contributed by atoms with Gasteiger partial charge in [0.1, 0.15) is 5.54 Å². The van der Waals surface area contributed by atoms with Crippen LogP contribution in [0, 0.1) is 11.3 Å². The fraction of sp³-hybridized carbons (Fsp3) is 0.938. The van der Waals surface area contributed by atoms with Gasteiger partial charge < -0.3 is 4.90 Å². The Morgan fingerprint density at radius 3 is 2.85 bits per heavy atom. The van der Waals surface area contributed by atoms with Crippen molar-refractivity contribution in [3.05, 3.63) is 0 Å². The molecule has 0 aromatic carbocycles. The lowest BCUT2D eigenvalue weighted by molar-refractivity contribution is 0.102. The summed E-state index contributed by atoms with van der Waals surface area (Å²) in [5, 5.41) is 12.8. The summed E-state index contributed by atoms with van der Waals surface area (Å²) in [4.78, 5) is 5.26. The van der Waals surface area contributed by atoms with Gasteiger partial charge in [0.2, 0.25) is 0 Å². The van der Waals surface area contributed by atoms with Crippen LogP contribution >= 0.6 is 0 Å². The Bertz CT molecular complexity index is 338. The zero-order valence-electron chi connectivity index (χ0n) is 13.2. The summed E-state index contributed by atoms with van der Waals surface area (Å²) in [6.07, 6.45) is 5.75. The van der Waals surface area contributed by atoms with Crippen molar-refractivity contribution in [2.45, 2.75) is 57.5 Å². The molecule has 0 radical (unpaired) electrons. The van der Waals surface area contributed by atoms with Crippen LogP contribution in [0.1, 0.15) is 46.0 Å². The number of nitrogens with zero attached hydrogens (tertiary/aromatic N) is 3. The maximum atomic E-state index is 9.43. The van der Waals surface area contributed by atoms with Crippen molar-refractivity contribution >= 4 is 0 Å². The van der Waals surface area contributed by atoms with Crippen molar-refractivity contribution in [2.24, 2.45) is 0 Å². The molecule has 1 N–H and O–H groups in total. The molecule has 114 valence electrons. The van der Waals surface area contributed by atoms with Gasteiger partial charge in [0.05, 0.1) is 6.07 Å². The third kappa shape index (κ3) is 3.72. The van der Waals surface area contributed by atoms with Crippen molar-refractivity contribution < 1.29 is 0 Å². The van der Waals surface area contributed by atoms with Crippen LogP contribution in [-0.2, 0) is 0 Å². The van der Waals surface area contributed by atoms with Crippen LogP contribution in [0.3, 0.4) is 0 Å². The SMILES string of the molecule is CCNC(C#N)(CC)CCCN1CCN2CCCC2C1. The van der Waals surface area contributed by atoms with E-state index in [1.807, 2.05) is 0 Å². The average Bonchev–Trinajstić information content (AvgIpc) is 2.94. The Balaban J connectivity index is 1.73. The first kappa shape index (κ1) is 15.8. The normalized spacial score (nSPS) is 26.9. The third-order valence-electron chi connectivity index (χ3n) is 5.08. The zero-order valence-corrected chi connectivity index (χ0v) is 13.2. The Kier molecular flexibility index (Phi) is 5.83. The number of nitrogens with one attached hydrogen (secondary N) is 1. The maximum Gasteiger partial charge on any atom is 0.106 e. The summed E-state index contributed by atoms with van der Waals surface area (Å²) in [5.74, 6) is 0. The van der Waals surface area contributed by atoms with Gasteiger partial charge in [-0.1, -0.05) is 13.8 Å². The molecule has 2 unspecified atom stereocenters. The van der Waals surface area contributed by atoms with E-state index >= 15 is 0 Å². The molecule has 2 rings (SSSR count). The molecular formula is C16H30N4. The molecule has 0 saturated carbocycles. The Labute approximate surface area is 124 Å². The molecule has 0 bridgehead atoms. The van der Waals surface area contributed by atoms with Gasteiger partial charge >= 0.3 is 0 Å². The van der Waals surface area contributed by atoms with E-state index in [9.17, 15) is 5.26 Å². The van der Waals surface area contributed by atoms with Crippen LogP contribution in [0.2, 0.25) is 0 Å². The highest BCUT2D eigenvalue weighted by Gasteiger charge is 2.31. The molecule has 2 fully saturated rings. The predicted molar refractivity (Wildman–Crippen MR) is 82.6 cm³/mol. The molecule has 0 aromatic heterocycles. The number of hydrogen-bond donors (Lipinski definition) is 1. The molecule has 0 amide bonds. The lowest BCUT2D eigenvalue weighted by Gasteiger charge is -2.38. The fourth-order valence-corrected chi connectivity index (χ4v) is 3.77. The van der Waals surface area contributed by atoms with Gasteiger partial charge in [-0.05, 0) is 51.7 Å². The van der Waals surface area contributed by atoms with Crippen molar-refractivity contribution in [3.63, 3.8) is 0 Å². The molecule has 4 heteroatoms. The maximum absolute atomic E-state index is 9.43. The second kappa shape index (κ2) is 7.40. The van der Waals surface area contributed by atoms with Crippen molar-refractivity contribution in [3.8, 4) is 6.07 Å². The van der Waals surface area contributed by atoms with Crippen LogP contribution in [0.5, 0.6) is 0 Å². The quantitative estimate of drug-likeness (QED) is 0.771. The van der Waals surface area contributed by atoms with E-state index in [0.717, 1.165) is 38.4 Å². The van der Waals surface area contributed by atoms with Crippen LogP contribution in [0.15, 0.2) is 0 Å². The Hall–Kier alpha value is -0.630. The van der Waals surface area contributed by atoms with Gasteiger partial charge in [0, 0.05) is 25.7 Å². The molecule has 2 atom stereocenters. The molecule has 20 heavy (non-hydrogen) atoms. The van der Waals surface area contributed by atoms with Gasteiger partial charge in [-0.15, -0.1) is 0 Å². The average molecular weight is 278 g/mol.